The van der Waals surface area contributed by atoms with Gasteiger partial charge in [0.05, 0.1) is 11.6 Å². The van der Waals surface area contributed by atoms with Crippen LogP contribution in [0.2, 0.25) is 0 Å². The molecule has 0 N–H and O–H groups in total. The molecular weight excluding hydrogens is 615 g/mol. The standard InChI is InChI=1S/C50H37N/c1-35-15-16-47(33-50(35)44-27-25-40(26-28-44)38-11-6-3-7-12-38)42-21-23-43(24-22-42)48-29-36(34-51)30-49(32-48)46-14-8-13-45(31-46)41-19-17-39(18-20-41)37-9-4-2-5-10-37/h2-33,35,50H,1H3. The molecule has 1 aliphatic rings. The first-order valence-corrected chi connectivity index (χ1v) is 17.6. The van der Waals surface area contributed by atoms with Gasteiger partial charge in [0.25, 0.3) is 0 Å². The third-order valence-corrected chi connectivity index (χ3v) is 10.0. The molecule has 7 aromatic carbocycles. The molecule has 1 heteroatoms. The van der Waals surface area contributed by atoms with E-state index >= 15 is 0 Å². The van der Waals surface area contributed by atoms with Crippen molar-refractivity contribution in [3.63, 3.8) is 0 Å². The Labute approximate surface area is 301 Å². The van der Waals surface area contributed by atoms with Gasteiger partial charge < -0.3 is 0 Å². The smallest absolute Gasteiger partial charge is 0.0992 e. The van der Waals surface area contributed by atoms with Crippen molar-refractivity contribution in [1.82, 2.24) is 0 Å². The highest BCUT2D eigenvalue weighted by Gasteiger charge is 2.20. The van der Waals surface area contributed by atoms with Crippen molar-refractivity contribution < 1.29 is 0 Å². The third kappa shape index (κ3) is 6.86. The highest BCUT2D eigenvalue weighted by molar-refractivity contribution is 5.81. The fourth-order valence-corrected chi connectivity index (χ4v) is 7.14. The first-order valence-electron chi connectivity index (χ1n) is 17.6. The third-order valence-electron chi connectivity index (χ3n) is 10.0. The monoisotopic (exact) mass is 651 g/mol. The van der Waals surface area contributed by atoms with Crippen molar-refractivity contribution in [2.75, 3.05) is 0 Å². The van der Waals surface area contributed by atoms with Crippen LogP contribution >= 0.6 is 0 Å². The Bertz CT molecular complexity index is 2390. The number of hydrogen-bond acceptors (Lipinski definition) is 1. The van der Waals surface area contributed by atoms with Crippen LogP contribution in [0.3, 0.4) is 0 Å². The van der Waals surface area contributed by atoms with Gasteiger partial charge in [-0.3, -0.25) is 0 Å². The van der Waals surface area contributed by atoms with Crippen LogP contribution in [0.1, 0.15) is 29.5 Å². The van der Waals surface area contributed by atoms with E-state index in [4.69, 9.17) is 0 Å². The Hall–Kier alpha value is -6.49. The lowest BCUT2D eigenvalue weighted by molar-refractivity contribution is 0.637. The SMILES string of the molecule is CC1C=CC(c2ccc(-c3cc(C#N)cc(-c4cccc(-c5ccc(-c6ccccc6)cc5)c4)c3)cc2)=CC1c1ccc(-c2ccccc2)cc1. The molecule has 0 spiro atoms. The second-order valence-corrected chi connectivity index (χ2v) is 13.4. The van der Waals surface area contributed by atoms with Crippen molar-refractivity contribution in [2.45, 2.75) is 12.8 Å². The molecule has 0 radical (unpaired) electrons. The summed E-state index contributed by atoms with van der Waals surface area (Å²) in [6, 6.07) is 64.7. The highest BCUT2D eigenvalue weighted by atomic mass is 14.3. The number of nitrogens with zero attached hydrogens (tertiary/aromatic N) is 1. The number of rotatable bonds is 7. The van der Waals surface area contributed by atoms with Gasteiger partial charge in [-0.2, -0.15) is 5.26 Å². The van der Waals surface area contributed by atoms with Gasteiger partial charge in [-0.05, 0) is 103 Å². The van der Waals surface area contributed by atoms with Gasteiger partial charge in [0.1, 0.15) is 0 Å². The van der Waals surface area contributed by atoms with Crippen LogP contribution < -0.4 is 0 Å². The van der Waals surface area contributed by atoms with Crippen LogP contribution in [-0.4, -0.2) is 0 Å². The molecule has 0 fully saturated rings. The highest BCUT2D eigenvalue weighted by Crippen LogP contribution is 2.37. The van der Waals surface area contributed by atoms with Crippen molar-refractivity contribution in [1.29, 1.82) is 5.26 Å². The van der Waals surface area contributed by atoms with Gasteiger partial charge >= 0.3 is 0 Å². The van der Waals surface area contributed by atoms with E-state index in [0.717, 1.165) is 33.4 Å². The summed E-state index contributed by atoms with van der Waals surface area (Å²) < 4.78 is 0. The summed E-state index contributed by atoms with van der Waals surface area (Å²) in [7, 11) is 0. The van der Waals surface area contributed by atoms with E-state index in [-0.39, 0.29) is 0 Å². The Morgan fingerprint density at radius 2 is 0.824 bits per heavy atom. The van der Waals surface area contributed by atoms with Gasteiger partial charge in [0.2, 0.25) is 0 Å². The molecule has 8 rings (SSSR count). The molecule has 0 bridgehead atoms. The quantitative estimate of drug-likeness (QED) is 0.168. The fourth-order valence-electron chi connectivity index (χ4n) is 7.14. The van der Waals surface area contributed by atoms with E-state index in [9.17, 15) is 5.26 Å². The Balaban J connectivity index is 1.04. The van der Waals surface area contributed by atoms with Crippen LogP contribution in [0.15, 0.2) is 194 Å². The molecule has 0 aliphatic heterocycles. The maximum Gasteiger partial charge on any atom is 0.0992 e. The van der Waals surface area contributed by atoms with E-state index in [2.05, 4.69) is 189 Å². The number of nitriles is 1. The molecule has 0 aromatic heterocycles. The molecular formula is C50H37N. The molecule has 0 amide bonds. The van der Waals surface area contributed by atoms with Gasteiger partial charge in [-0.25, -0.2) is 0 Å². The summed E-state index contributed by atoms with van der Waals surface area (Å²) in [5.74, 6) is 0.719. The topological polar surface area (TPSA) is 23.8 Å². The van der Waals surface area contributed by atoms with E-state index in [1.54, 1.807) is 0 Å². The van der Waals surface area contributed by atoms with E-state index in [0.29, 0.717) is 17.4 Å². The summed E-state index contributed by atoms with van der Waals surface area (Å²) >= 11 is 0. The summed E-state index contributed by atoms with van der Waals surface area (Å²) in [6.45, 7) is 2.29. The largest absolute Gasteiger partial charge is 0.192 e. The van der Waals surface area contributed by atoms with Crippen LogP contribution in [0.5, 0.6) is 0 Å². The maximum absolute atomic E-state index is 10.00. The predicted octanol–water partition coefficient (Wildman–Crippen LogP) is 13.3. The van der Waals surface area contributed by atoms with Crippen LogP contribution in [0.25, 0.3) is 61.2 Å². The van der Waals surface area contributed by atoms with Crippen LogP contribution in [-0.2, 0) is 0 Å². The lowest BCUT2D eigenvalue weighted by Crippen LogP contribution is -2.09. The average Bonchev–Trinajstić information content (AvgIpc) is 3.22. The second-order valence-electron chi connectivity index (χ2n) is 13.4. The Morgan fingerprint density at radius 1 is 0.412 bits per heavy atom. The minimum atomic E-state index is 0.307. The average molecular weight is 652 g/mol. The Kier molecular flexibility index (Phi) is 8.82. The first kappa shape index (κ1) is 31.8. The Morgan fingerprint density at radius 3 is 1.39 bits per heavy atom. The maximum atomic E-state index is 10.00. The molecule has 1 nitrogen and oxygen atoms in total. The molecule has 242 valence electrons. The van der Waals surface area contributed by atoms with Crippen LogP contribution in [0.4, 0.5) is 0 Å². The number of allylic oxidation sites excluding steroid dienone is 4. The zero-order chi connectivity index (χ0) is 34.6. The predicted molar refractivity (Wildman–Crippen MR) is 214 cm³/mol. The molecule has 7 aromatic rings. The van der Waals surface area contributed by atoms with Crippen molar-refractivity contribution >= 4 is 5.57 Å². The first-order chi connectivity index (χ1) is 25.1. The molecule has 2 atom stereocenters. The molecule has 0 heterocycles. The second kappa shape index (κ2) is 14.2. The lowest BCUT2D eigenvalue weighted by Gasteiger charge is -2.24. The van der Waals surface area contributed by atoms with Gasteiger partial charge in [0.15, 0.2) is 0 Å². The fraction of sp³-hybridized carbons (Fsp3) is 0.0600. The molecule has 2 unspecified atom stereocenters. The molecule has 0 saturated carbocycles. The minimum Gasteiger partial charge on any atom is -0.192 e. The van der Waals surface area contributed by atoms with Gasteiger partial charge in [-0.1, -0.05) is 177 Å². The molecule has 1 aliphatic carbocycles. The van der Waals surface area contributed by atoms with E-state index < -0.39 is 0 Å². The zero-order valence-corrected chi connectivity index (χ0v) is 28.6. The minimum absolute atomic E-state index is 0.307. The zero-order valence-electron chi connectivity index (χ0n) is 28.6. The molecule has 0 saturated heterocycles. The number of hydrogen-bond donors (Lipinski definition) is 0. The molecule has 51 heavy (non-hydrogen) atoms. The van der Waals surface area contributed by atoms with Crippen molar-refractivity contribution in [3.8, 4) is 61.7 Å². The number of benzene rings is 7. The lowest BCUT2D eigenvalue weighted by atomic mass is 9.80. The van der Waals surface area contributed by atoms with Crippen LogP contribution in [0, 0.1) is 17.2 Å². The summed E-state index contributed by atoms with van der Waals surface area (Å²) in [4.78, 5) is 0. The summed E-state index contributed by atoms with van der Waals surface area (Å²) in [5, 5.41) is 10.00. The van der Waals surface area contributed by atoms with Gasteiger partial charge in [0, 0.05) is 5.92 Å². The normalized spacial score (nSPS) is 15.2. The van der Waals surface area contributed by atoms with Gasteiger partial charge in [-0.15, -0.1) is 0 Å². The van der Waals surface area contributed by atoms with Crippen molar-refractivity contribution in [2.24, 2.45) is 5.92 Å². The summed E-state index contributed by atoms with van der Waals surface area (Å²) in [5.41, 5.74) is 15.8. The van der Waals surface area contributed by atoms with Crippen molar-refractivity contribution in [3.05, 3.63) is 211 Å². The summed E-state index contributed by atoms with van der Waals surface area (Å²) in [6.07, 6.45) is 6.99. The van der Waals surface area contributed by atoms with E-state index in [1.807, 2.05) is 18.2 Å². The van der Waals surface area contributed by atoms with E-state index in [1.165, 1.54) is 39.0 Å².